The van der Waals surface area contributed by atoms with Gasteiger partial charge in [0.25, 0.3) is 5.89 Å². The second-order valence-corrected chi connectivity index (χ2v) is 6.70. The van der Waals surface area contributed by atoms with Crippen molar-refractivity contribution in [3.8, 4) is 11.6 Å². The molecular formula is C22H29IN6O. The SMILES string of the molecule is CCNC(=NCCc1noc(-c2ccccn2)n1)NC(C)c1ccc(CC)cc1.I. The number of nitrogens with one attached hydrogen (secondary N) is 2. The number of rotatable bonds is 8. The van der Waals surface area contributed by atoms with E-state index < -0.39 is 0 Å². The van der Waals surface area contributed by atoms with E-state index in [2.05, 4.69) is 75.8 Å². The quantitative estimate of drug-likeness (QED) is 0.264. The fourth-order valence-electron chi connectivity index (χ4n) is 2.87. The normalized spacial score (nSPS) is 12.2. The summed E-state index contributed by atoms with van der Waals surface area (Å²) in [5.74, 6) is 1.82. The molecule has 2 N–H and O–H groups in total. The van der Waals surface area contributed by atoms with Gasteiger partial charge in [-0.15, -0.1) is 24.0 Å². The summed E-state index contributed by atoms with van der Waals surface area (Å²) in [6.07, 6.45) is 3.34. The predicted octanol–water partition coefficient (Wildman–Crippen LogP) is 4.17. The highest BCUT2D eigenvalue weighted by Gasteiger charge is 2.10. The van der Waals surface area contributed by atoms with Crippen LogP contribution < -0.4 is 10.6 Å². The zero-order valence-electron chi connectivity index (χ0n) is 17.6. The molecule has 7 nitrogen and oxygen atoms in total. The molecule has 0 radical (unpaired) electrons. The molecule has 0 aliphatic heterocycles. The molecule has 160 valence electrons. The van der Waals surface area contributed by atoms with Crippen molar-refractivity contribution >= 4 is 29.9 Å². The second kappa shape index (κ2) is 12.3. The lowest BCUT2D eigenvalue weighted by atomic mass is 10.1. The lowest BCUT2D eigenvalue weighted by molar-refractivity contribution is 0.421. The van der Waals surface area contributed by atoms with Crippen LogP contribution in [0.15, 0.2) is 58.2 Å². The largest absolute Gasteiger partial charge is 0.357 e. The highest BCUT2D eigenvalue weighted by Crippen LogP contribution is 2.14. The molecule has 0 aliphatic carbocycles. The van der Waals surface area contributed by atoms with E-state index in [9.17, 15) is 0 Å². The Morgan fingerprint density at radius 2 is 1.93 bits per heavy atom. The maximum atomic E-state index is 5.29. The average Bonchev–Trinajstić information content (AvgIpc) is 3.23. The summed E-state index contributed by atoms with van der Waals surface area (Å²) in [4.78, 5) is 13.3. The Morgan fingerprint density at radius 1 is 1.13 bits per heavy atom. The zero-order valence-corrected chi connectivity index (χ0v) is 20.0. The van der Waals surface area contributed by atoms with Gasteiger partial charge in [0.1, 0.15) is 5.69 Å². The molecule has 8 heteroatoms. The maximum absolute atomic E-state index is 5.29. The summed E-state index contributed by atoms with van der Waals surface area (Å²) in [5, 5.41) is 10.8. The maximum Gasteiger partial charge on any atom is 0.276 e. The molecule has 3 rings (SSSR count). The first kappa shape index (κ1) is 23.8. The van der Waals surface area contributed by atoms with Gasteiger partial charge in [-0.2, -0.15) is 4.98 Å². The van der Waals surface area contributed by atoms with Crippen LogP contribution in [0.3, 0.4) is 0 Å². The number of guanidine groups is 1. The van der Waals surface area contributed by atoms with Crippen molar-refractivity contribution in [1.29, 1.82) is 0 Å². The summed E-state index contributed by atoms with van der Waals surface area (Å²) in [6, 6.07) is 14.4. The lowest BCUT2D eigenvalue weighted by Crippen LogP contribution is -2.38. The molecule has 2 aromatic heterocycles. The summed E-state index contributed by atoms with van der Waals surface area (Å²) in [6.45, 7) is 7.69. The van der Waals surface area contributed by atoms with Crippen molar-refractivity contribution in [1.82, 2.24) is 25.8 Å². The van der Waals surface area contributed by atoms with Crippen LogP contribution in [0.25, 0.3) is 11.6 Å². The number of aryl methyl sites for hydroxylation is 1. The van der Waals surface area contributed by atoms with Crippen LogP contribution >= 0.6 is 24.0 Å². The Bertz CT molecular complexity index is 911. The standard InChI is InChI=1S/C22H28N6O.HI/c1-4-17-9-11-18(12-10-17)16(3)26-22(23-5-2)25-15-13-20-27-21(29-28-20)19-8-6-7-14-24-19;/h6-12,14,16H,4-5,13,15H2,1-3H3,(H2,23,25,26);1H. The van der Waals surface area contributed by atoms with E-state index in [-0.39, 0.29) is 30.0 Å². The number of aromatic nitrogens is 3. The third-order valence-electron chi connectivity index (χ3n) is 4.54. The molecule has 1 atom stereocenters. The molecule has 0 bridgehead atoms. The fourth-order valence-corrected chi connectivity index (χ4v) is 2.87. The average molecular weight is 520 g/mol. The van der Waals surface area contributed by atoms with Crippen LogP contribution in [0, 0.1) is 0 Å². The van der Waals surface area contributed by atoms with E-state index >= 15 is 0 Å². The summed E-state index contributed by atoms with van der Waals surface area (Å²) in [5.41, 5.74) is 3.24. The molecule has 0 spiro atoms. The van der Waals surface area contributed by atoms with Crippen molar-refractivity contribution in [3.05, 3.63) is 65.6 Å². The molecule has 1 aromatic carbocycles. The molecule has 2 heterocycles. The van der Waals surface area contributed by atoms with Gasteiger partial charge in [-0.1, -0.05) is 42.4 Å². The third-order valence-corrected chi connectivity index (χ3v) is 4.54. The number of aliphatic imine (C=N–C) groups is 1. The molecule has 0 amide bonds. The number of nitrogens with zero attached hydrogens (tertiary/aromatic N) is 4. The number of pyridine rings is 1. The summed E-state index contributed by atoms with van der Waals surface area (Å²) >= 11 is 0. The van der Waals surface area contributed by atoms with E-state index in [0.29, 0.717) is 30.4 Å². The smallest absolute Gasteiger partial charge is 0.276 e. The van der Waals surface area contributed by atoms with Crippen LogP contribution in [-0.2, 0) is 12.8 Å². The van der Waals surface area contributed by atoms with Gasteiger partial charge in [-0.3, -0.25) is 9.98 Å². The first-order valence-electron chi connectivity index (χ1n) is 10.1. The number of benzene rings is 1. The van der Waals surface area contributed by atoms with Crippen molar-refractivity contribution in [2.75, 3.05) is 13.1 Å². The first-order valence-corrected chi connectivity index (χ1v) is 10.1. The van der Waals surface area contributed by atoms with Crippen LogP contribution in [-0.4, -0.2) is 34.2 Å². The van der Waals surface area contributed by atoms with Gasteiger partial charge in [0.2, 0.25) is 0 Å². The Labute approximate surface area is 194 Å². The van der Waals surface area contributed by atoms with E-state index in [0.717, 1.165) is 18.9 Å². The number of halogens is 1. The molecule has 30 heavy (non-hydrogen) atoms. The van der Waals surface area contributed by atoms with Crippen molar-refractivity contribution in [3.63, 3.8) is 0 Å². The van der Waals surface area contributed by atoms with E-state index in [1.807, 2.05) is 18.2 Å². The molecular weight excluding hydrogens is 491 g/mol. The third kappa shape index (κ3) is 6.79. The molecule has 1 unspecified atom stereocenters. The lowest BCUT2D eigenvalue weighted by Gasteiger charge is -2.18. The van der Waals surface area contributed by atoms with Gasteiger partial charge in [0.15, 0.2) is 11.8 Å². The molecule has 0 fully saturated rings. The highest BCUT2D eigenvalue weighted by molar-refractivity contribution is 14.0. The van der Waals surface area contributed by atoms with Gasteiger partial charge in [0, 0.05) is 25.7 Å². The Kier molecular flexibility index (Phi) is 9.72. The molecule has 0 aliphatic rings. The van der Waals surface area contributed by atoms with Gasteiger partial charge >= 0.3 is 0 Å². The van der Waals surface area contributed by atoms with Crippen LogP contribution in [0.5, 0.6) is 0 Å². The summed E-state index contributed by atoms with van der Waals surface area (Å²) in [7, 11) is 0. The minimum Gasteiger partial charge on any atom is -0.357 e. The number of hydrogen-bond acceptors (Lipinski definition) is 5. The van der Waals surface area contributed by atoms with Crippen LogP contribution in [0.4, 0.5) is 0 Å². The Hall–Kier alpha value is -2.49. The van der Waals surface area contributed by atoms with E-state index in [1.165, 1.54) is 11.1 Å². The Balaban J connectivity index is 0.00000320. The second-order valence-electron chi connectivity index (χ2n) is 6.70. The molecule has 3 aromatic rings. The minimum absolute atomic E-state index is 0. The Morgan fingerprint density at radius 3 is 2.60 bits per heavy atom. The van der Waals surface area contributed by atoms with E-state index in [4.69, 9.17) is 4.52 Å². The van der Waals surface area contributed by atoms with Gasteiger partial charge in [-0.25, -0.2) is 0 Å². The highest BCUT2D eigenvalue weighted by atomic mass is 127. The van der Waals surface area contributed by atoms with Gasteiger partial charge in [-0.05, 0) is 43.5 Å². The zero-order chi connectivity index (χ0) is 20.5. The van der Waals surface area contributed by atoms with E-state index in [1.54, 1.807) is 6.20 Å². The van der Waals surface area contributed by atoms with Crippen LogP contribution in [0.2, 0.25) is 0 Å². The van der Waals surface area contributed by atoms with Gasteiger partial charge < -0.3 is 15.2 Å². The monoisotopic (exact) mass is 520 g/mol. The predicted molar refractivity (Wildman–Crippen MR) is 130 cm³/mol. The fraction of sp³-hybridized carbons (Fsp3) is 0.364. The topological polar surface area (TPSA) is 88.2 Å². The number of hydrogen-bond donors (Lipinski definition) is 2. The summed E-state index contributed by atoms with van der Waals surface area (Å²) < 4.78 is 5.29. The van der Waals surface area contributed by atoms with Crippen molar-refractivity contribution in [2.24, 2.45) is 4.99 Å². The first-order chi connectivity index (χ1) is 14.2. The van der Waals surface area contributed by atoms with Crippen LogP contribution in [0.1, 0.15) is 43.8 Å². The molecule has 0 saturated heterocycles. The van der Waals surface area contributed by atoms with Crippen molar-refractivity contribution in [2.45, 2.75) is 39.7 Å². The van der Waals surface area contributed by atoms with Gasteiger partial charge in [0.05, 0.1) is 6.04 Å². The minimum atomic E-state index is 0. The molecule has 0 saturated carbocycles. The van der Waals surface area contributed by atoms with Crippen molar-refractivity contribution < 1.29 is 4.52 Å².